The number of alkyl carbamates (subject to hydrolysis) is 1. The lowest BCUT2D eigenvalue weighted by atomic mass is 10.1. The lowest BCUT2D eigenvalue weighted by Crippen LogP contribution is -2.31. The molecule has 1 aromatic heterocycles. The van der Waals surface area contributed by atoms with E-state index in [-0.39, 0.29) is 13.0 Å². The third-order valence-electron chi connectivity index (χ3n) is 2.97. The molecule has 2 N–H and O–H groups in total. The Morgan fingerprint density at radius 2 is 2.05 bits per heavy atom. The summed E-state index contributed by atoms with van der Waals surface area (Å²) in [6, 6.07) is 10.2. The first kappa shape index (κ1) is 15.6. The number of carboxylic acids is 1. The van der Waals surface area contributed by atoms with E-state index in [1.54, 1.807) is 24.0 Å². The number of aromatic nitrogens is 2. The number of carbonyl (C=O) groups is 2. The molecule has 0 fully saturated rings. The minimum Gasteiger partial charge on any atom is -0.481 e. The number of aliphatic carboxylic acids is 1. The lowest BCUT2D eigenvalue weighted by Gasteiger charge is -2.15. The Bertz CT molecular complexity index is 639. The summed E-state index contributed by atoms with van der Waals surface area (Å²) in [6.07, 6.45) is 0.735. The second-order valence-corrected chi connectivity index (χ2v) is 4.77. The monoisotopic (exact) mass is 303 g/mol. The molecule has 0 aliphatic rings. The fourth-order valence-corrected chi connectivity index (χ4v) is 1.93. The Hall–Kier alpha value is -2.83. The van der Waals surface area contributed by atoms with Gasteiger partial charge in [-0.1, -0.05) is 30.3 Å². The fraction of sp³-hybridized carbons (Fsp3) is 0.267. The highest BCUT2D eigenvalue weighted by Gasteiger charge is 2.21. The molecule has 0 radical (unpaired) electrons. The SMILES string of the molecule is Cn1ccc([C@@H](CC(=O)O)NC(=O)OCc2ccccc2)n1. The number of hydrogen-bond acceptors (Lipinski definition) is 4. The van der Waals surface area contributed by atoms with Gasteiger partial charge >= 0.3 is 12.1 Å². The molecule has 1 atom stereocenters. The van der Waals surface area contributed by atoms with Crippen LogP contribution >= 0.6 is 0 Å². The molecule has 1 heterocycles. The summed E-state index contributed by atoms with van der Waals surface area (Å²) in [6.45, 7) is 0.120. The van der Waals surface area contributed by atoms with E-state index >= 15 is 0 Å². The Kier molecular flexibility index (Phi) is 5.13. The molecule has 2 rings (SSSR count). The Balaban J connectivity index is 1.94. The molecule has 0 bridgehead atoms. The van der Waals surface area contributed by atoms with E-state index in [9.17, 15) is 9.59 Å². The first-order chi connectivity index (χ1) is 10.5. The van der Waals surface area contributed by atoms with E-state index in [0.29, 0.717) is 5.69 Å². The zero-order valence-corrected chi connectivity index (χ0v) is 12.1. The van der Waals surface area contributed by atoms with Crippen LogP contribution in [-0.4, -0.2) is 26.9 Å². The van der Waals surface area contributed by atoms with Gasteiger partial charge in [0, 0.05) is 13.2 Å². The number of carbonyl (C=O) groups excluding carboxylic acids is 1. The molecule has 0 unspecified atom stereocenters. The highest BCUT2D eigenvalue weighted by Crippen LogP contribution is 2.15. The van der Waals surface area contributed by atoms with Crippen molar-refractivity contribution < 1.29 is 19.4 Å². The fourth-order valence-electron chi connectivity index (χ4n) is 1.93. The number of nitrogens with zero attached hydrogens (tertiary/aromatic N) is 2. The van der Waals surface area contributed by atoms with Crippen LogP contribution in [0.3, 0.4) is 0 Å². The molecule has 7 nitrogen and oxygen atoms in total. The summed E-state index contributed by atoms with van der Waals surface area (Å²) in [5.41, 5.74) is 1.33. The smallest absolute Gasteiger partial charge is 0.408 e. The van der Waals surface area contributed by atoms with Gasteiger partial charge in [0.1, 0.15) is 6.61 Å². The average molecular weight is 303 g/mol. The van der Waals surface area contributed by atoms with Gasteiger partial charge < -0.3 is 15.2 Å². The summed E-state index contributed by atoms with van der Waals surface area (Å²) in [7, 11) is 1.72. The van der Waals surface area contributed by atoms with Crippen molar-refractivity contribution in [2.24, 2.45) is 7.05 Å². The zero-order valence-electron chi connectivity index (χ0n) is 12.1. The number of carboxylic acid groups (broad SMARTS) is 1. The number of aryl methyl sites for hydroxylation is 1. The van der Waals surface area contributed by atoms with Crippen LogP contribution in [0.4, 0.5) is 4.79 Å². The van der Waals surface area contributed by atoms with Gasteiger partial charge in [0.15, 0.2) is 0 Å². The van der Waals surface area contributed by atoms with E-state index < -0.39 is 18.1 Å². The predicted molar refractivity (Wildman–Crippen MR) is 78.0 cm³/mol. The quantitative estimate of drug-likeness (QED) is 0.849. The van der Waals surface area contributed by atoms with Crippen LogP contribution < -0.4 is 5.32 Å². The highest BCUT2D eigenvalue weighted by molar-refractivity contribution is 5.71. The zero-order chi connectivity index (χ0) is 15.9. The molecule has 2 aromatic rings. The molecule has 0 aliphatic carbocycles. The Morgan fingerprint density at radius 3 is 2.64 bits per heavy atom. The second kappa shape index (κ2) is 7.26. The molecule has 1 aromatic carbocycles. The van der Waals surface area contributed by atoms with Gasteiger partial charge in [0.05, 0.1) is 18.2 Å². The van der Waals surface area contributed by atoms with Crippen molar-refractivity contribution in [2.75, 3.05) is 0 Å². The molecular formula is C15H17N3O4. The average Bonchev–Trinajstić information content (AvgIpc) is 2.92. The molecule has 0 aliphatic heterocycles. The number of nitrogens with one attached hydrogen (secondary N) is 1. The van der Waals surface area contributed by atoms with E-state index in [4.69, 9.17) is 9.84 Å². The molecular weight excluding hydrogens is 286 g/mol. The topological polar surface area (TPSA) is 93.5 Å². The summed E-state index contributed by atoms with van der Waals surface area (Å²) in [5, 5.41) is 15.6. The molecule has 1 amide bonds. The minimum atomic E-state index is -1.03. The van der Waals surface area contributed by atoms with Crippen molar-refractivity contribution in [3.05, 3.63) is 53.9 Å². The van der Waals surface area contributed by atoms with Crippen molar-refractivity contribution in [1.29, 1.82) is 0 Å². The van der Waals surface area contributed by atoms with Crippen molar-refractivity contribution in [1.82, 2.24) is 15.1 Å². The van der Waals surface area contributed by atoms with Crippen LogP contribution in [0, 0.1) is 0 Å². The summed E-state index contributed by atoms with van der Waals surface area (Å²) >= 11 is 0. The van der Waals surface area contributed by atoms with Gasteiger partial charge in [-0.3, -0.25) is 9.48 Å². The Morgan fingerprint density at radius 1 is 1.32 bits per heavy atom. The maximum atomic E-state index is 11.8. The number of hydrogen-bond donors (Lipinski definition) is 2. The standard InChI is InChI=1S/C15H17N3O4/c1-18-8-7-12(17-18)13(9-14(19)20)16-15(21)22-10-11-5-3-2-4-6-11/h2-8,13H,9-10H2,1H3,(H,16,21)(H,19,20)/t13-/m1/s1. The van der Waals surface area contributed by atoms with Crippen LogP contribution in [0.5, 0.6) is 0 Å². The molecule has 22 heavy (non-hydrogen) atoms. The van der Waals surface area contributed by atoms with Gasteiger partial charge in [-0.05, 0) is 11.6 Å². The predicted octanol–water partition coefficient (Wildman–Crippen LogP) is 1.86. The molecule has 0 spiro atoms. The van der Waals surface area contributed by atoms with Crippen molar-refractivity contribution in [3.8, 4) is 0 Å². The van der Waals surface area contributed by atoms with Gasteiger partial charge in [0.25, 0.3) is 0 Å². The maximum absolute atomic E-state index is 11.8. The lowest BCUT2D eigenvalue weighted by molar-refractivity contribution is -0.137. The minimum absolute atomic E-state index is 0.120. The van der Waals surface area contributed by atoms with Crippen LogP contribution in [0.2, 0.25) is 0 Å². The van der Waals surface area contributed by atoms with E-state index in [1.807, 2.05) is 30.3 Å². The molecule has 0 saturated heterocycles. The summed E-state index contributed by atoms with van der Waals surface area (Å²) in [4.78, 5) is 22.8. The number of rotatable bonds is 6. The van der Waals surface area contributed by atoms with Crippen molar-refractivity contribution in [2.45, 2.75) is 19.1 Å². The number of ether oxygens (including phenoxy) is 1. The highest BCUT2D eigenvalue weighted by atomic mass is 16.5. The van der Waals surface area contributed by atoms with E-state index in [2.05, 4.69) is 10.4 Å². The largest absolute Gasteiger partial charge is 0.481 e. The Labute approximate surface area is 127 Å². The second-order valence-electron chi connectivity index (χ2n) is 4.77. The summed E-state index contributed by atoms with van der Waals surface area (Å²) in [5.74, 6) is -1.03. The van der Waals surface area contributed by atoms with Crippen LogP contribution in [0.1, 0.15) is 23.7 Å². The number of amides is 1. The molecule has 0 saturated carbocycles. The third-order valence-corrected chi connectivity index (χ3v) is 2.97. The number of benzene rings is 1. The first-order valence-corrected chi connectivity index (χ1v) is 6.73. The third kappa shape index (κ3) is 4.62. The first-order valence-electron chi connectivity index (χ1n) is 6.73. The van der Waals surface area contributed by atoms with Crippen LogP contribution in [0.25, 0.3) is 0 Å². The van der Waals surface area contributed by atoms with Gasteiger partial charge in [0.2, 0.25) is 0 Å². The van der Waals surface area contributed by atoms with E-state index in [0.717, 1.165) is 5.56 Å². The van der Waals surface area contributed by atoms with E-state index in [1.165, 1.54) is 0 Å². The maximum Gasteiger partial charge on any atom is 0.408 e. The van der Waals surface area contributed by atoms with Crippen LogP contribution in [-0.2, 0) is 23.2 Å². The van der Waals surface area contributed by atoms with Crippen LogP contribution in [0.15, 0.2) is 42.6 Å². The van der Waals surface area contributed by atoms with Gasteiger partial charge in [-0.25, -0.2) is 4.79 Å². The van der Waals surface area contributed by atoms with Gasteiger partial charge in [-0.15, -0.1) is 0 Å². The van der Waals surface area contributed by atoms with Crippen molar-refractivity contribution in [3.63, 3.8) is 0 Å². The molecule has 116 valence electrons. The molecule has 7 heteroatoms. The normalized spacial score (nSPS) is 11.7. The van der Waals surface area contributed by atoms with Gasteiger partial charge in [-0.2, -0.15) is 5.10 Å². The van der Waals surface area contributed by atoms with Crippen molar-refractivity contribution >= 4 is 12.1 Å². The summed E-state index contributed by atoms with van der Waals surface area (Å²) < 4.78 is 6.63.